The summed E-state index contributed by atoms with van der Waals surface area (Å²) in [5, 5.41) is 9.29. The van der Waals surface area contributed by atoms with Crippen LogP contribution in [-0.2, 0) is 22.3 Å². The molecule has 0 saturated carbocycles. The van der Waals surface area contributed by atoms with Gasteiger partial charge < -0.3 is 9.84 Å². The number of carbonyl (C=O) groups is 1. The molecule has 0 amide bonds. The molecule has 0 aromatic heterocycles. The third-order valence-corrected chi connectivity index (χ3v) is 6.72. The lowest BCUT2D eigenvalue weighted by Crippen LogP contribution is -2.29. The van der Waals surface area contributed by atoms with E-state index in [-0.39, 0.29) is 17.5 Å². The van der Waals surface area contributed by atoms with E-state index in [1.807, 2.05) is 36.1 Å². The van der Waals surface area contributed by atoms with E-state index < -0.39 is 17.7 Å². The van der Waals surface area contributed by atoms with Gasteiger partial charge in [0.05, 0.1) is 17.2 Å². The molecule has 4 nitrogen and oxygen atoms in total. The summed E-state index contributed by atoms with van der Waals surface area (Å²) in [4.78, 5) is 13.0. The Morgan fingerprint density at radius 3 is 2.65 bits per heavy atom. The van der Waals surface area contributed by atoms with Crippen LogP contribution in [0.1, 0.15) is 42.4 Å². The fourth-order valence-electron chi connectivity index (χ4n) is 4.20. The van der Waals surface area contributed by atoms with Crippen LogP contribution in [0.3, 0.4) is 0 Å². The molecule has 1 aliphatic carbocycles. The number of carboxylic acid groups (broad SMARTS) is 1. The molecular weight excluding hydrogens is 526 g/mol. The maximum atomic E-state index is 13.4. The van der Waals surface area contributed by atoms with Gasteiger partial charge in [0.15, 0.2) is 0 Å². The number of hydrogen-bond acceptors (Lipinski definition) is 3. The number of carboxylic acids is 1. The largest absolute Gasteiger partial charge is 0.498 e. The Morgan fingerprint density at radius 2 is 1.95 bits per heavy atom. The van der Waals surface area contributed by atoms with Crippen molar-refractivity contribution in [3.8, 4) is 0 Å². The molecule has 3 rings (SSSR count). The average molecular weight is 554 g/mol. The number of ether oxygens (including phenoxy) is 1. The lowest BCUT2D eigenvalue weighted by atomic mass is 10.00. The minimum atomic E-state index is -4.53. The van der Waals surface area contributed by atoms with Crippen LogP contribution >= 0.6 is 23.2 Å². The van der Waals surface area contributed by atoms with Gasteiger partial charge in [-0.2, -0.15) is 13.2 Å². The summed E-state index contributed by atoms with van der Waals surface area (Å²) in [6.45, 7) is 3.71. The minimum absolute atomic E-state index is 0.0223. The summed E-state index contributed by atoms with van der Waals surface area (Å²) in [6.07, 6.45) is 2.84. The number of nitrogens with zero attached hydrogens (tertiary/aromatic N) is 1. The Labute approximate surface area is 224 Å². The zero-order valence-electron chi connectivity index (χ0n) is 20.3. The van der Waals surface area contributed by atoms with E-state index in [0.717, 1.165) is 17.7 Å². The van der Waals surface area contributed by atoms with E-state index in [9.17, 15) is 18.0 Å². The van der Waals surface area contributed by atoms with Gasteiger partial charge in [0.25, 0.3) is 0 Å². The predicted molar refractivity (Wildman–Crippen MR) is 140 cm³/mol. The standard InChI is InChI=1S/C28H28Cl2F3NO3/c1-19(23-10-2-3-12-25(23)29)17-34(18-21-8-5-11-24(27(21)30)28(31,32)33)13-6-14-37-22-9-4-7-20(15-22)16-26(35)36/h2-5,7-12,16,19H,6,13-15,17-18H2,1H3,(H,35,36)/b20-16+. The molecule has 9 heteroatoms. The third kappa shape index (κ3) is 8.66. The summed E-state index contributed by atoms with van der Waals surface area (Å²) < 4.78 is 46.0. The quantitative estimate of drug-likeness (QED) is 0.227. The van der Waals surface area contributed by atoms with E-state index >= 15 is 0 Å². The normalized spacial score (nSPS) is 15.6. The molecule has 0 saturated heterocycles. The first-order valence-corrected chi connectivity index (χ1v) is 12.5. The molecule has 1 N–H and O–H groups in total. The smallest absolute Gasteiger partial charge is 0.417 e. The maximum Gasteiger partial charge on any atom is 0.417 e. The fraction of sp³-hybridized carbons (Fsp3) is 0.321. The third-order valence-electron chi connectivity index (χ3n) is 5.93. The van der Waals surface area contributed by atoms with Crippen molar-refractivity contribution >= 4 is 29.2 Å². The van der Waals surface area contributed by atoms with Gasteiger partial charge in [-0.25, -0.2) is 4.79 Å². The first-order chi connectivity index (χ1) is 17.5. The van der Waals surface area contributed by atoms with E-state index in [1.165, 1.54) is 6.07 Å². The number of alkyl halides is 3. The highest BCUT2D eigenvalue weighted by Gasteiger charge is 2.34. The van der Waals surface area contributed by atoms with Crippen molar-refractivity contribution in [2.24, 2.45) is 0 Å². The van der Waals surface area contributed by atoms with Gasteiger partial charge >= 0.3 is 12.1 Å². The second-order valence-corrected chi connectivity index (χ2v) is 9.65. The van der Waals surface area contributed by atoms with Crippen molar-refractivity contribution in [3.63, 3.8) is 0 Å². The topological polar surface area (TPSA) is 49.8 Å². The zero-order valence-corrected chi connectivity index (χ0v) is 21.8. The number of hydrogen-bond donors (Lipinski definition) is 1. The molecule has 1 aliphatic rings. The highest BCUT2D eigenvalue weighted by molar-refractivity contribution is 6.32. The van der Waals surface area contributed by atoms with E-state index in [4.69, 9.17) is 33.0 Å². The van der Waals surface area contributed by atoms with Crippen molar-refractivity contribution in [2.45, 2.75) is 38.4 Å². The number of allylic oxidation sites excluding steroid dienone is 4. The molecule has 2 aromatic carbocycles. The number of aliphatic carboxylic acids is 1. The molecule has 2 aromatic rings. The predicted octanol–water partition coefficient (Wildman–Crippen LogP) is 7.88. The Kier molecular flexibility index (Phi) is 10.3. The number of rotatable bonds is 11. The molecule has 1 unspecified atom stereocenters. The van der Waals surface area contributed by atoms with Crippen LogP contribution in [0.2, 0.25) is 10.0 Å². The van der Waals surface area contributed by atoms with E-state index in [2.05, 4.69) is 0 Å². The molecule has 37 heavy (non-hydrogen) atoms. The van der Waals surface area contributed by atoms with Crippen molar-refractivity contribution in [2.75, 3.05) is 19.7 Å². The fourth-order valence-corrected chi connectivity index (χ4v) is 4.82. The van der Waals surface area contributed by atoms with Crippen LogP contribution < -0.4 is 0 Å². The van der Waals surface area contributed by atoms with Gasteiger partial charge in [-0.15, -0.1) is 0 Å². The summed E-state index contributed by atoms with van der Waals surface area (Å²) in [5.41, 5.74) is 1.14. The molecule has 0 fully saturated rings. The molecule has 0 radical (unpaired) electrons. The zero-order chi connectivity index (χ0) is 27.0. The van der Waals surface area contributed by atoms with Gasteiger partial charge in [0, 0.05) is 37.2 Å². The molecular formula is C28H28Cl2F3NO3. The Hall–Kier alpha value is -2.74. The van der Waals surface area contributed by atoms with Crippen LogP contribution in [0.15, 0.2) is 78.1 Å². The Balaban J connectivity index is 1.69. The number of halogens is 5. The molecule has 0 spiro atoms. The van der Waals surface area contributed by atoms with Crippen LogP contribution in [-0.4, -0.2) is 35.7 Å². The van der Waals surface area contributed by atoms with E-state index in [1.54, 1.807) is 24.3 Å². The van der Waals surface area contributed by atoms with Crippen molar-refractivity contribution in [1.29, 1.82) is 0 Å². The lowest BCUT2D eigenvalue weighted by Gasteiger charge is -2.27. The molecule has 198 valence electrons. The number of benzene rings is 2. The van der Waals surface area contributed by atoms with Gasteiger partial charge in [0.1, 0.15) is 5.76 Å². The van der Waals surface area contributed by atoms with Crippen molar-refractivity contribution in [3.05, 3.63) is 105 Å². The van der Waals surface area contributed by atoms with Gasteiger partial charge in [-0.1, -0.05) is 72.6 Å². The van der Waals surface area contributed by atoms with Crippen LogP contribution in [0, 0.1) is 0 Å². The summed E-state index contributed by atoms with van der Waals surface area (Å²) in [5.74, 6) is -0.335. The monoisotopic (exact) mass is 553 g/mol. The van der Waals surface area contributed by atoms with Crippen molar-refractivity contribution in [1.82, 2.24) is 4.90 Å². The Morgan fingerprint density at radius 1 is 1.19 bits per heavy atom. The Bertz CT molecular complexity index is 1190. The van der Waals surface area contributed by atoms with Crippen LogP contribution in [0.4, 0.5) is 13.2 Å². The molecule has 1 atom stereocenters. The molecule has 0 heterocycles. The van der Waals surface area contributed by atoms with Gasteiger partial charge in [-0.05, 0) is 47.2 Å². The highest BCUT2D eigenvalue weighted by atomic mass is 35.5. The summed E-state index contributed by atoms with van der Waals surface area (Å²) >= 11 is 12.6. The second kappa shape index (κ2) is 13.2. The SMILES string of the molecule is CC(CN(CCCOC1=CC=C/C(=C\C(=O)O)C1)Cc1cccc(C(F)(F)F)c1Cl)c1ccccc1Cl. The molecule has 0 aliphatic heterocycles. The first kappa shape index (κ1) is 28.8. The van der Waals surface area contributed by atoms with Gasteiger partial charge in [0.2, 0.25) is 0 Å². The lowest BCUT2D eigenvalue weighted by molar-refractivity contribution is -0.137. The van der Waals surface area contributed by atoms with Gasteiger partial charge in [-0.3, -0.25) is 4.90 Å². The second-order valence-electron chi connectivity index (χ2n) is 8.86. The average Bonchev–Trinajstić information content (AvgIpc) is 2.82. The summed E-state index contributed by atoms with van der Waals surface area (Å²) in [7, 11) is 0. The van der Waals surface area contributed by atoms with Crippen molar-refractivity contribution < 1.29 is 27.8 Å². The van der Waals surface area contributed by atoms with Crippen LogP contribution in [0.5, 0.6) is 0 Å². The van der Waals surface area contributed by atoms with E-state index in [0.29, 0.717) is 54.5 Å². The summed E-state index contributed by atoms with van der Waals surface area (Å²) in [6, 6.07) is 11.5. The maximum absolute atomic E-state index is 13.4. The minimum Gasteiger partial charge on any atom is -0.498 e. The first-order valence-electron chi connectivity index (χ1n) is 11.8. The highest BCUT2D eigenvalue weighted by Crippen LogP contribution is 2.37. The molecule has 0 bridgehead atoms. The van der Waals surface area contributed by atoms with Crippen LogP contribution in [0.25, 0.3) is 0 Å².